The summed E-state index contributed by atoms with van der Waals surface area (Å²) in [6.45, 7) is -0.511. The molecule has 1 saturated heterocycles. The Kier molecular flexibility index (Phi) is 7.33. The molecular formula is C28H23N3O7S. The zero-order valence-electron chi connectivity index (χ0n) is 21.0. The summed E-state index contributed by atoms with van der Waals surface area (Å²) < 4.78 is 15.7. The van der Waals surface area contributed by atoms with Crippen LogP contribution in [0, 0.1) is 0 Å². The van der Waals surface area contributed by atoms with E-state index >= 15 is 0 Å². The molecule has 4 aromatic rings. The summed E-state index contributed by atoms with van der Waals surface area (Å²) in [5.74, 6) is -1.11. The van der Waals surface area contributed by atoms with Gasteiger partial charge in [-0.3, -0.25) is 14.4 Å². The van der Waals surface area contributed by atoms with Crippen LogP contribution in [0.5, 0.6) is 11.5 Å². The second-order valence-corrected chi connectivity index (χ2v) is 9.74. The van der Waals surface area contributed by atoms with Crippen LogP contribution in [0.3, 0.4) is 0 Å². The van der Waals surface area contributed by atoms with Gasteiger partial charge in [-0.05, 0) is 53.9 Å². The van der Waals surface area contributed by atoms with Gasteiger partial charge in [-0.1, -0.05) is 17.8 Å². The van der Waals surface area contributed by atoms with Crippen molar-refractivity contribution < 1.29 is 33.4 Å². The average molecular weight is 546 g/mol. The number of Topliss-reactive ketones (excluding diaryl/α,β-unsaturated/α-hetero) is 1. The van der Waals surface area contributed by atoms with Gasteiger partial charge >= 0.3 is 5.97 Å². The molecule has 5 rings (SSSR count). The van der Waals surface area contributed by atoms with E-state index in [0.29, 0.717) is 17.2 Å². The molecule has 1 unspecified atom stereocenters. The maximum absolute atomic E-state index is 13.2. The number of methoxy groups -OCH3 is 2. The minimum absolute atomic E-state index is 0.0465. The number of H-pyrrole nitrogens is 1. The highest BCUT2D eigenvalue weighted by molar-refractivity contribution is 8.00. The molecule has 1 aliphatic heterocycles. The number of pyridine rings is 1. The molecule has 2 aromatic carbocycles. The first-order chi connectivity index (χ1) is 18.9. The molecule has 0 saturated carbocycles. The Hall–Kier alpha value is -4.64. The molecule has 0 spiro atoms. The third-order valence-electron chi connectivity index (χ3n) is 6.19. The van der Waals surface area contributed by atoms with Crippen molar-refractivity contribution in [3.63, 3.8) is 0 Å². The van der Waals surface area contributed by atoms with E-state index in [0.717, 1.165) is 27.6 Å². The van der Waals surface area contributed by atoms with E-state index in [-0.39, 0.29) is 28.5 Å². The highest BCUT2D eigenvalue weighted by atomic mass is 32.2. The molecule has 2 amide bonds. The molecule has 1 N–H and O–H groups in total. The summed E-state index contributed by atoms with van der Waals surface area (Å²) in [5.41, 5.74) is 1.65. The van der Waals surface area contributed by atoms with Crippen LogP contribution in [0.25, 0.3) is 10.9 Å². The Morgan fingerprint density at radius 1 is 1.05 bits per heavy atom. The van der Waals surface area contributed by atoms with E-state index in [1.807, 2.05) is 12.1 Å². The Balaban J connectivity index is 1.27. The number of anilines is 1. The number of nitrogens with zero attached hydrogens (tertiary/aromatic N) is 2. The fourth-order valence-corrected chi connectivity index (χ4v) is 5.32. The lowest BCUT2D eigenvalue weighted by Crippen LogP contribution is -2.31. The first-order valence-electron chi connectivity index (χ1n) is 11.9. The van der Waals surface area contributed by atoms with E-state index in [2.05, 4.69) is 9.97 Å². The molecule has 0 aliphatic carbocycles. The zero-order chi connectivity index (χ0) is 27.5. The monoisotopic (exact) mass is 545 g/mol. The van der Waals surface area contributed by atoms with Crippen LogP contribution in [0.1, 0.15) is 27.1 Å². The fraction of sp³-hybridized carbons (Fsp3) is 0.179. The number of hydrogen-bond donors (Lipinski definition) is 1. The smallest absolute Gasteiger partial charge is 0.341 e. The molecule has 10 nitrogen and oxygen atoms in total. The number of imide groups is 1. The molecule has 1 atom stereocenters. The van der Waals surface area contributed by atoms with E-state index in [4.69, 9.17) is 14.2 Å². The largest absolute Gasteiger partial charge is 0.493 e. The number of fused-ring (bicyclic) bond motifs is 1. The lowest BCUT2D eigenvalue weighted by molar-refractivity contribution is -0.121. The quantitative estimate of drug-likeness (QED) is 0.188. The van der Waals surface area contributed by atoms with Crippen molar-refractivity contribution in [1.29, 1.82) is 0 Å². The van der Waals surface area contributed by atoms with Gasteiger partial charge in [-0.15, -0.1) is 0 Å². The first-order valence-corrected chi connectivity index (χ1v) is 12.8. The molecule has 39 heavy (non-hydrogen) atoms. The summed E-state index contributed by atoms with van der Waals surface area (Å²) in [7, 11) is 2.94. The van der Waals surface area contributed by atoms with Crippen LogP contribution in [0.4, 0.5) is 5.69 Å². The summed E-state index contributed by atoms with van der Waals surface area (Å²) in [6, 6.07) is 14.9. The van der Waals surface area contributed by atoms with Gasteiger partial charge in [0.2, 0.25) is 11.8 Å². The summed E-state index contributed by atoms with van der Waals surface area (Å²) in [4.78, 5) is 60.0. The number of hydrogen-bond acceptors (Lipinski definition) is 9. The van der Waals surface area contributed by atoms with Crippen molar-refractivity contribution >= 4 is 51.9 Å². The maximum Gasteiger partial charge on any atom is 0.341 e. The van der Waals surface area contributed by atoms with Gasteiger partial charge in [0.1, 0.15) is 5.03 Å². The number of carbonyl (C=O) groups excluding carboxylic acids is 4. The summed E-state index contributed by atoms with van der Waals surface area (Å²) in [5, 5.41) is 0.422. The van der Waals surface area contributed by atoms with Gasteiger partial charge in [0.15, 0.2) is 23.9 Å². The lowest BCUT2D eigenvalue weighted by atomic mass is 10.1. The van der Waals surface area contributed by atoms with Gasteiger partial charge < -0.3 is 19.2 Å². The second-order valence-electron chi connectivity index (χ2n) is 8.55. The third kappa shape index (κ3) is 5.21. The summed E-state index contributed by atoms with van der Waals surface area (Å²) >= 11 is 1.01. The fourth-order valence-electron chi connectivity index (χ4n) is 4.22. The molecule has 198 valence electrons. The van der Waals surface area contributed by atoms with Crippen LogP contribution in [-0.4, -0.2) is 59.6 Å². The maximum atomic E-state index is 13.2. The van der Waals surface area contributed by atoms with Gasteiger partial charge in [0.25, 0.3) is 0 Å². The van der Waals surface area contributed by atoms with Crippen molar-refractivity contribution in [3.05, 3.63) is 78.1 Å². The zero-order valence-corrected chi connectivity index (χ0v) is 21.8. The second kappa shape index (κ2) is 11.0. The number of esters is 1. The standard InChI is InChI=1S/C28H23N3O7S/c1-36-22-8-6-17(12-23(22)37-2)21(32)15-38-28(35)19-4-3-10-30-26(19)39-24-14-25(33)31(27(24)34)18-7-5-16-9-11-29-20(16)13-18/h3-13,24,29H,14-15H2,1-2H3. The molecule has 1 aliphatic rings. The van der Waals surface area contributed by atoms with Crippen LogP contribution in [-0.2, 0) is 14.3 Å². The minimum atomic E-state index is -0.773. The van der Waals surface area contributed by atoms with Gasteiger partial charge in [-0.25, -0.2) is 14.7 Å². The molecule has 3 heterocycles. The number of benzene rings is 2. The number of aromatic nitrogens is 2. The van der Waals surface area contributed by atoms with E-state index in [9.17, 15) is 19.2 Å². The molecule has 0 radical (unpaired) electrons. The number of aromatic amines is 1. The van der Waals surface area contributed by atoms with Crippen molar-refractivity contribution in [3.8, 4) is 11.5 Å². The Morgan fingerprint density at radius 2 is 1.87 bits per heavy atom. The van der Waals surface area contributed by atoms with E-state index in [1.54, 1.807) is 36.5 Å². The lowest BCUT2D eigenvalue weighted by Gasteiger charge is -2.15. The van der Waals surface area contributed by atoms with E-state index < -0.39 is 29.5 Å². The predicted octanol–water partition coefficient (Wildman–Crippen LogP) is 4.04. The van der Waals surface area contributed by atoms with Crippen LogP contribution in [0.15, 0.2) is 72.0 Å². The Labute approximate surface area is 227 Å². The number of ether oxygens (including phenoxy) is 3. The minimum Gasteiger partial charge on any atom is -0.493 e. The van der Waals surface area contributed by atoms with Gasteiger partial charge in [-0.2, -0.15) is 0 Å². The number of ketones is 1. The van der Waals surface area contributed by atoms with Crippen molar-refractivity contribution in [2.75, 3.05) is 25.7 Å². The normalized spacial score (nSPS) is 15.0. The number of carbonyl (C=O) groups is 4. The van der Waals surface area contributed by atoms with Crippen molar-refractivity contribution in [1.82, 2.24) is 9.97 Å². The highest BCUT2D eigenvalue weighted by Gasteiger charge is 2.41. The predicted molar refractivity (Wildman–Crippen MR) is 143 cm³/mol. The topological polar surface area (TPSA) is 128 Å². The molecule has 11 heteroatoms. The Morgan fingerprint density at radius 3 is 2.67 bits per heavy atom. The SMILES string of the molecule is COc1ccc(C(=O)COC(=O)c2cccnc2SC2CC(=O)N(c3ccc4cc[nH]c4c3)C2=O)cc1OC. The summed E-state index contributed by atoms with van der Waals surface area (Å²) in [6.07, 6.45) is 3.21. The number of rotatable bonds is 9. The van der Waals surface area contributed by atoms with E-state index in [1.165, 1.54) is 32.5 Å². The average Bonchev–Trinajstić information content (AvgIpc) is 3.54. The number of nitrogens with one attached hydrogen (secondary N) is 1. The Bertz CT molecular complexity index is 1600. The van der Waals surface area contributed by atoms with Crippen molar-refractivity contribution in [2.24, 2.45) is 0 Å². The first kappa shape index (κ1) is 26.0. The molecule has 2 aromatic heterocycles. The number of thioether (sulfide) groups is 1. The molecule has 1 fully saturated rings. The van der Waals surface area contributed by atoms with Crippen molar-refractivity contribution in [2.45, 2.75) is 16.7 Å². The van der Waals surface area contributed by atoms with Crippen LogP contribution in [0.2, 0.25) is 0 Å². The third-order valence-corrected chi connectivity index (χ3v) is 7.39. The van der Waals surface area contributed by atoms with Gasteiger partial charge in [0.05, 0.1) is 30.7 Å². The molecular weight excluding hydrogens is 522 g/mol. The van der Waals surface area contributed by atoms with Crippen LogP contribution >= 0.6 is 11.8 Å². The number of amides is 2. The van der Waals surface area contributed by atoms with Crippen LogP contribution < -0.4 is 14.4 Å². The van der Waals surface area contributed by atoms with Gasteiger partial charge in [0, 0.05) is 29.9 Å². The highest BCUT2D eigenvalue weighted by Crippen LogP contribution is 2.35. The molecule has 0 bridgehead atoms.